The van der Waals surface area contributed by atoms with Gasteiger partial charge >= 0.3 is 5.97 Å². The number of rotatable bonds is 8. The molecule has 0 aromatic heterocycles. The van der Waals surface area contributed by atoms with Gasteiger partial charge in [0, 0.05) is 36.5 Å². The molecule has 1 aliphatic heterocycles. The van der Waals surface area contributed by atoms with E-state index in [-0.39, 0.29) is 25.4 Å². The Bertz CT molecular complexity index is 1210. The number of carbonyl (C=O) groups is 2. The topological polar surface area (TPSA) is 66.8 Å². The number of aliphatic carboxylic acids is 1. The number of fused-ring (bicyclic) bond motifs is 1. The summed E-state index contributed by atoms with van der Waals surface area (Å²) in [6.45, 7) is 2.17. The van der Waals surface area contributed by atoms with Crippen molar-refractivity contribution >= 4 is 23.5 Å². The molecule has 0 saturated heterocycles. The molecule has 1 N–H and O–H groups in total. The van der Waals surface area contributed by atoms with Crippen molar-refractivity contribution in [3.05, 3.63) is 99.8 Å². The van der Waals surface area contributed by atoms with Crippen LogP contribution < -0.4 is 4.74 Å². The predicted octanol–water partition coefficient (Wildman–Crippen LogP) is 5.53. The van der Waals surface area contributed by atoms with Crippen LogP contribution in [-0.4, -0.2) is 34.0 Å². The highest BCUT2D eigenvalue weighted by atomic mass is 35.5. The second-order valence-corrected chi connectivity index (χ2v) is 9.29. The van der Waals surface area contributed by atoms with Gasteiger partial charge < -0.3 is 14.7 Å². The lowest BCUT2D eigenvalue weighted by Crippen LogP contribution is -2.33. The molecule has 1 atom stereocenters. The smallest absolute Gasteiger partial charge is 0.305 e. The van der Waals surface area contributed by atoms with Crippen molar-refractivity contribution in [3.8, 4) is 5.75 Å². The summed E-state index contributed by atoms with van der Waals surface area (Å²) < 4.78 is 19.9. The molecule has 0 unspecified atom stereocenters. The highest BCUT2D eigenvalue weighted by molar-refractivity contribution is 6.30. The van der Waals surface area contributed by atoms with Crippen LogP contribution in [0.15, 0.2) is 66.7 Å². The average Bonchev–Trinajstić information content (AvgIpc) is 3.12. The number of hydrogen-bond donors (Lipinski definition) is 1. The van der Waals surface area contributed by atoms with Gasteiger partial charge in [-0.3, -0.25) is 9.59 Å². The maximum atomic E-state index is 13.6. The number of amides is 1. The van der Waals surface area contributed by atoms with E-state index in [9.17, 15) is 14.0 Å². The van der Waals surface area contributed by atoms with Gasteiger partial charge in [0.15, 0.2) is 0 Å². The molecule has 0 spiro atoms. The third-order valence-corrected chi connectivity index (χ3v) is 6.12. The van der Waals surface area contributed by atoms with Crippen molar-refractivity contribution < 1.29 is 23.8 Å². The molecule has 1 amide bonds. The number of nitrogens with zero attached hydrogens (tertiary/aromatic N) is 1. The van der Waals surface area contributed by atoms with E-state index >= 15 is 0 Å². The first kappa shape index (κ1) is 23.8. The minimum atomic E-state index is -1.00. The van der Waals surface area contributed by atoms with Crippen molar-refractivity contribution in [1.29, 1.82) is 0 Å². The summed E-state index contributed by atoms with van der Waals surface area (Å²) in [4.78, 5) is 25.9. The molecule has 3 aromatic carbocycles. The van der Waals surface area contributed by atoms with Crippen molar-refractivity contribution in [1.82, 2.24) is 4.90 Å². The number of benzene rings is 3. The molecular formula is C27H25ClFNO4. The average molecular weight is 482 g/mol. The number of carbonyl (C=O) groups excluding carboxylic acids is 1. The second-order valence-electron chi connectivity index (χ2n) is 8.85. The van der Waals surface area contributed by atoms with Gasteiger partial charge in [0.2, 0.25) is 0 Å². The third-order valence-electron chi connectivity index (χ3n) is 5.86. The fourth-order valence-electron chi connectivity index (χ4n) is 4.31. The van der Waals surface area contributed by atoms with Gasteiger partial charge in [-0.1, -0.05) is 35.9 Å². The predicted molar refractivity (Wildman–Crippen MR) is 128 cm³/mol. The van der Waals surface area contributed by atoms with E-state index in [1.54, 1.807) is 24.3 Å². The van der Waals surface area contributed by atoms with E-state index < -0.39 is 17.4 Å². The van der Waals surface area contributed by atoms with Crippen LogP contribution in [0.1, 0.15) is 40.4 Å². The van der Waals surface area contributed by atoms with Crippen molar-refractivity contribution in [2.45, 2.75) is 38.3 Å². The quantitative estimate of drug-likeness (QED) is 0.459. The zero-order chi connectivity index (χ0) is 24.3. The molecule has 7 heteroatoms. The van der Waals surface area contributed by atoms with Crippen LogP contribution in [-0.2, 0) is 24.2 Å². The molecule has 34 heavy (non-hydrogen) atoms. The second kappa shape index (κ2) is 9.85. The van der Waals surface area contributed by atoms with Gasteiger partial charge in [0.05, 0.1) is 6.42 Å². The maximum absolute atomic E-state index is 13.6. The first-order valence-corrected chi connectivity index (χ1v) is 11.4. The minimum Gasteiger partial charge on any atom is -0.487 e. The monoisotopic (exact) mass is 481 g/mol. The number of halogens is 2. The van der Waals surface area contributed by atoms with E-state index in [0.717, 1.165) is 16.9 Å². The van der Waals surface area contributed by atoms with Gasteiger partial charge in [-0.15, -0.1) is 0 Å². The molecule has 1 heterocycles. The summed E-state index contributed by atoms with van der Waals surface area (Å²) in [7, 11) is 0. The van der Waals surface area contributed by atoms with E-state index in [0.29, 0.717) is 29.0 Å². The van der Waals surface area contributed by atoms with Crippen LogP contribution >= 0.6 is 11.6 Å². The molecule has 0 saturated carbocycles. The van der Waals surface area contributed by atoms with Crippen LogP contribution in [0.25, 0.3) is 0 Å². The Labute approximate surface area is 202 Å². The highest BCUT2D eigenvalue weighted by Gasteiger charge is 2.35. The number of carboxylic acids is 1. The van der Waals surface area contributed by atoms with Crippen LogP contribution in [0.5, 0.6) is 5.75 Å². The lowest BCUT2D eigenvalue weighted by atomic mass is 9.91. The van der Waals surface area contributed by atoms with Crippen LogP contribution in [0, 0.1) is 5.82 Å². The lowest BCUT2D eigenvalue weighted by molar-refractivity contribution is -0.137. The molecular weight excluding hydrogens is 457 g/mol. The first-order chi connectivity index (χ1) is 16.2. The molecule has 0 aliphatic carbocycles. The number of hydrogen-bond acceptors (Lipinski definition) is 3. The van der Waals surface area contributed by atoms with E-state index in [2.05, 4.69) is 0 Å². The SMILES string of the molecule is C[C@]1(Cc2ccc(Cl)cc2)Cc2cc(C(=O)N(CCC(=O)O)Cc3cccc(F)c3)ccc2O1. The van der Waals surface area contributed by atoms with Crippen LogP contribution in [0.3, 0.4) is 0 Å². The highest BCUT2D eigenvalue weighted by Crippen LogP contribution is 2.38. The fraction of sp³-hybridized carbons (Fsp3) is 0.259. The van der Waals surface area contributed by atoms with Gasteiger partial charge in [0.25, 0.3) is 5.91 Å². The molecule has 3 aromatic rings. The zero-order valence-corrected chi connectivity index (χ0v) is 19.5. The Morgan fingerprint density at radius 2 is 1.85 bits per heavy atom. The van der Waals surface area contributed by atoms with E-state index in [4.69, 9.17) is 21.4 Å². The fourth-order valence-corrected chi connectivity index (χ4v) is 4.43. The van der Waals surface area contributed by atoms with Crippen molar-refractivity contribution in [3.63, 3.8) is 0 Å². The molecule has 176 valence electrons. The van der Waals surface area contributed by atoms with Gasteiger partial charge in [-0.25, -0.2) is 4.39 Å². The Balaban J connectivity index is 1.52. The maximum Gasteiger partial charge on any atom is 0.305 e. The summed E-state index contributed by atoms with van der Waals surface area (Å²) in [5.74, 6) is -0.981. The van der Waals surface area contributed by atoms with Crippen LogP contribution in [0.2, 0.25) is 5.02 Å². The number of ether oxygens (including phenoxy) is 1. The molecule has 0 radical (unpaired) electrons. The lowest BCUT2D eigenvalue weighted by Gasteiger charge is -2.24. The zero-order valence-electron chi connectivity index (χ0n) is 18.8. The van der Waals surface area contributed by atoms with E-state index in [1.165, 1.54) is 17.0 Å². The van der Waals surface area contributed by atoms with Crippen LogP contribution in [0.4, 0.5) is 4.39 Å². The molecule has 0 fully saturated rings. The summed E-state index contributed by atoms with van der Waals surface area (Å²) in [6, 6.07) is 18.9. The Morgan fingerprint density at radius 3 is 2.56 bits per heavy atom. The molecule has 4 rings (SSSR count). The Kier molecular flexibility index (Phi) is 6.89. The number of carboxylic acid groups (broad SMARTS) is 1. The normalized spacial score (nSPS) is 16.6. The molecule has 5 nitrogen and oxygen atoms in total. The Morgan fingerprint density at radius 1 is 1.09 bits per heavy atom. The summed E-state index contributed by atoms with van der Waals surface area (Å²) >= 11 is 5.99. The Hall–Kier alpha value is -3.38. The minimum absolute atomic E-state index is 0.0204. The standard InChI is InChI=1S/C27H25ClFNO4/c1-27(15-18-5-8-22(28)9-6-18)16-21-14-20(7-10-24(21)34-27)26(33)30(12-11-25(31)32)17-19-3-2-4-23(29)13-19/h2-10,13-14H,11-12,15-17H2,1H3,(H,31,32)/t27-/m0/s1. The van der Waals surface area contributed by atoms with Crippen molar-refractivity contribution in [2.24, 2.45) is 0 Å². The van der Waals surface area contributed by atoms with E-state index in [1.807, 2.05) is 37.3 Å². The van der Waals surface area contributed by atoms with Gasteiger partial charge in [0.1, 0.15) is 17.2 Å². The third kappa shape index (κ3) is 5.75. The van der Waals surface area contributed by atoms with Gasteiger partial charge in [-0.2, -0.15) is 0 Å². The largest absolute Gasteiger partial charge is 0.487 e. The summed E-state index contributed by atoms with van der Waals surface area (Å²) in [5.41, 5.74) is 2.61. The van der Waals surface area contributed by atoms with Gasteiger partial charge in [-0.05, 0) is 66.1 Å². The van der Waals surface area contributed by atoms with Crippen molar-refractivity contribution in [2.75, 3.05) is 6.54 Å². The first-order valence-electron chi connectivity index (χ1n) is 11.0. The summed E-state index contributed by atoms with van der Waals surface area (Å²) in [5, 5.41) is 9.80. The summed E-state index contributed by atoms with van der Waals surface area (Å²) in [6.07, 6.45) is 1.12. The molecule has 0 bridgehead atoms. The molecule has 1 aliphatic rings.